The number of aromatic nitrogens is 3. The Morgan fingerprint density at radius 2 is 1.75 bits per heavy atom. The SMILES string of the molecule is CCn1nnc2cc(C(=O)OCC(=O)Nc3ccc(C(=O)OC)cc3)ccc21. The van der Waals surface area contributed by atoms with Crippen LogP contribution < -0.4 is 5.32 Å². The molecule has 1 amide bonds. The van der Waals surface area contributed by atoms with E-state index in [4.69, 9.17) is 4.74 Å². The highest BCUT2D eigenvalue weighted by Crippen LogP contribution is 2.14. The third kappa shape index (κ3) is 4.14. The number of esters is 2. The normalized spacial score (nSPS) is 10.5. The Morgan fingerprint density at radius 3 is 2.43 bits per heavy atom. The summed E-state index contributed by atoms with van der Waals surface area (Å²) >= 11 is 0. The first kappa shape index (κ1) is 19.0. The summed E-state index contributed by atoms with van der Waals surface area (Å²) in [7, 11) is 1.29. The van der Waals surface area contributed by atoms with Crippen molar-refractivity contribution in [1.29, 1.82) is 0 Å². The molecule has 0 aliphatic rings. The maximum absolute atomic E-state index is 12.2. The van der Waals surface area contributed by atoms with Gasteiger partial charge in [0.2, 0.25) is 0 Å². The molecule has 3 aromatic rings. The first-order valence-electron chi connectivity index (χ1n) is 8.50. The van der Waals surface area contributed by atoms with Gasteiger partial charge in [-0.25, -0.2) is 14.3 Å². The van der Waals surface area contributed by atoms with Crippen LogP contribution in [0.15, 0.2) is 42.5 Å². The number of nitrogens with zero attached hydrogens (tertiary/aromatic N) is 3. The Kier molecular flexibility index (Phi) is 5.64. The van der Waals surface area contributed by atoms with Gasteiger partial charge in [-0.3, -0.25) is 4.79 Å². The van der Waals surface area contributed by atoms with Crippen molar-refractivity contribution in [3.8, 4) is 0 Å². The molecular formula is C19H18N4O5. The summed E-state index contributed by atoms with van der Waals surface area (Å²) in [5.41, 5.74) is 2.50. The number of carbonyl (C=O) groups excluding carboxylic acids is 3. The largest absolute Gasteiger partial charge is 0.465 e. The van der Waals surface area contributed by atoms with Crippen LogP contribution in [0.4, 0.5) is 5.69 Å². The quantitative estimate of drug-likeness (QED) is 0.649. The zero-order chi connectivity index (χ0) is 20.1. The van der Waals surface area contributed by atoms with E-state index in [-0.39, 0.29) is 5.56 Å². The highest BCUT2D eigenvalue weighted by molar-refractivity contribution is 5.97. The highest BCUT2D eigenvalue weighted by Gasteiger charge is 2.13. The van der Waals surface area contributed by atoms with Gasteiger partial charge in [0.15, 0.2) is 6.61 Å². The molecule has 28 heavy (non-hydrogen) atoms. The molecule has 0 saturated carbocycles. The Balaban J connectivity index is 1.56. The second-order valence-electron chi connectivity index (χ2n) is 5.80. The van der Waals surface area contributed by atoms with Crippen molar-refractivity contribution in [2.24, 2.45) is 0 Å². The van der Waals surface area contributed by atoms with Crippen LogP contribution in [0.5, 0.6) is 0 Å². The van der Waals surface area contributed by atoms with Crippen LogP contribution in [0.1, 0.15) is 27.6 Å². The summed E-state index contributed by atoms with van der Waals surface area (Å²) in [6, 6.07) is 11.1. The van der Waals surface area contributed by atoms with E-state index in [9.17, 15) is 14.4 Å². The number of hydrogen-bond acceptors (Lipinski definition) is 7. The molecule has 0 bridgehead atoms. The van der Waals surface area contributed by atoms with Gasteiger partial charge in [0.05, 0.1) is 23.8 Å². The lowest BCUT2D eigenvalue weighted by atomic mass is 10.2. The van der Waals surface area contributed by atoms with Crippen LogP contribution >= 0.6 is 0 Å². The van der Waals surface area contributed by atoms with E-state index in [1.54, 1.807) is 35.0 Å². The third-order valence-corrected chi connectivity index (χ3v) is 3.97. The second kappa shape index (κ2) is 8.30. The Bertz CT molecular complexity index is 1030. The van der Waals surface area contributed by atoms with E-state index in [1.807, 2.05) is 6.92 Å². The van der Waals surface area contributed by atoms with Crippen molar-refractivity contribution in [1.82, 2.24) is 15.0 Å². The van der Waals surface area contributed by atoms with Gasteiger partial charge in [-0.15, -0.1) is 5.10 Å². The minimum atomic E-state index is -0.635. The summed E-state index contributed by atoms with van der Waals surface area (Å²) < 4.78 is 11.4. The number of methoxy groups -OCH3 is 1. The van der Waals surface area contributed by atoms with E-state index in [2.05, 4.69) is 20.4 Å². The number of nitrogens with one attached hydrogen (secondary N) is 1. The number of anilines is 1. The zero-order valence-electron chi connectivity index (χ0n) is 15.3. The molecule has 1 aromatic heterocycles. The molecule has 0 atom stereocenters. The number of carbonyl (C=O) groups is 3. The molecule has 1 heterocycles. The summed E-state index contributed by atoms with van der Waals surface area (Å²) in [5, 5.41) is 10.6. The summed E-state index contributed by atoms with van der Waals surface area (Å²) in [5.74, 6) is -1.61. The van der Waals surface area contributed by atoms with Crippen molar-refractivity contribution in [2.75, 3.05) is 19.0 Å². The average molecular weight is 382 g/mol. The molecule has 9 heteroatoms. The monoisotopic (exact) mass is 382 g/mol. The Labute approximate surface area is 160 Å². The molecule has 144 valence electrons. The van der Waals surface area contributed by atoms with E-state index >= 15 is 0 Å². The molecule has 0 fully saturated rings. The summed E-state index contributed by atoms with van der Waals surface area (Å²) in [6.07, 6.45) is 0. The van der Waals surface area contributed by atoms with E-state index in [1.165, 1.54) is 19.2 Å². The first-order chi connectivity index (χ1) is 13.5. The molecule has 2 aromatic carbocycles. The standard InChI is InChI=1S/C19H18N4O5/c1-3-23-16-9-6-13(10-15(16)21-22-23)19(26)28-11-17(24)20-14-7-4-12(5-8-14)18(25)27-2/h4-10H,3,11H2,1-2H3,(H,20,24). The highest BCUT2D eigenvalue weighted by atomic mass is 16.5. The lowest BCUT2D eigenvalue weighted by Gasteiger charge is -2.07. The van der Waals surface area contributed by atoms with Crippen molar-refractivity contribution in [3.63, 3.8) is 0 Å². The summed E-state index contributed by atoms with van der Waals surface area (Å²) in [4.78, 5) is 35.5. The van der Waals surface area contributed by atoms with Gasteiger partial charge in [-0.2, -0.15) is 0 Å². The van der Waals surface area contributed by atoms with Gasteiger partial charge in [-0.05, 0) is 49.4 Å². The third-order valence-electron chi connectivity index (χ3n) is 3.97. The smallest absolute Gasteiger partial charge is 0.338 e. The maximum Gasteiger partial charge on any atom is 0.338 e. The topological polar surface area (TPSA) is 112 Å². The van der Waals surface area contributed by atoms with Gasteiger partial charge < -0.3 is 14.8 Å². The maximum atomic E-state index is 12.2. The number of hydrogen-bond donors (Lipinski definition) is 1. The number of aryl methyl sites for hydroxylation is 1. The lowest BCUT2D eigenvalue weighted by Crippen LogP contribution is -2.21. The van der Waals surface area contributed by atoms with E-state index in [0.29, 0.717) is 23.3 Å². The first-order valence-corrected chi connectivity index (χ1v) is 8.50. The van der Waals surface area contributed by atoms with Crippen LogP contribution in [0.2, 0.25) is 0 Å². The number of rotatable bonds is 6. The van der Waals surface area contributed by atoms with Crippen LogP contribution in [0.3, 0.4) is 0 Å². The second-order valence-corrected chi connectivity index (χ2v) is 5.80. The number of benzene rings is 2. The van der Waals surface area contributed by atoms with Gasteiger partial charge in [0.1, 0.15) is 5.52 Å². The Hall–Kier alpha value is -3.75. The van der Waals surface area contributed by atoms with E-state index in [0.717, 1.165) is 5.52 Å². The van der Waals surface area contributed by atoms with Crippen molar-refractivity contribution in [3.05, 3.63) is 53.6 Å². The molecule has 0 spiro atoms. The van der Waals surface area contributed by atoms with Crippen molar-refractivity contribution < 1.29 is 23.9 Å². The minimum absolute atomic E-state index is 0.283. The molecule has 0 aliphatic carbocycles. The molecule has 0 radical (unpaired) electrons. The van der Waals surface area contributed by atoms with E-state index < -0.39 is 24.5 Å². The lowest BCUT2D eigenvalue weighted by molar-refractivity contribution is -0.119. The van der Waals surface area contributed by atoms with Gasteiger partial charge in [-0.1, -0.05) is 5.21 Å². The number of amides is 1. The van der Waals surface area contributed by atoms with Crippen LogP contribution in [-0.4, -0.2) is 46.6 Å². The number of fused-ring (bicyclic) bond motifs is 1. The molecule has 0 aliphatic heterocycles. The fourth-order valence-electron chi connectivity index (χ4n) is 2.55. The van der Waals surface area contributed by atoms with Crippen LogP contribution in [0, 0.1) is 0 Å². The van der Waals surface area contributed by atoms with Crippen LogP contribution in [0.25, 0.3) is 11.0 Å². The Morgan fingerprint density at radius 1 is 1.04 bits per heavy atom. The fourth-order valence-corrected chi connectivity index (χ4v) is 2.55. The fraction of sp³-hybridized carbons (Fsp3) is 0.211. The van der Waals surface area contributed by atoms with Crippen molar-refractivity contribution in [2.45, 2.75) is 13.5 Å². The summed E-state index contributed by atoms with van der Waals surface area (Å²) in [6.45, 7) is 2.16. The molecular weight excluding hydrogens is 364 g/mol. The molecule has 9 nitrogen and oxygen atoms in total. The van der Waals surface area contributed by atoms with Gasteiger partial charge >= 0.3 is 11.9 Å². The average Bonchev–Trinajstić information content (AvgIpc) is 3.14. The number of ether oxygens (including phenoxy) is 2. The molecule has 3 rings (SSSR count). The van der Waals surface area contributed by atoms with Crippen LogP contribution in [-0.2, 0) is 20.8 Å². The molecule has 0 unspecified atom stereocenters. The molecule has 1 N–H and O–H groups in total. The minimum Gasteiger partial charge on any atom is -0.465 e. The molecule has 0 saturated heterocycles. The zero-order valence-corrected chi connectivity index (χ0v) is 15.3. The van der Waals surface area contributed by atoms with Gasteiger partial charge in [0, 0.05) is 12.2 Å². The predicted molar refractivity (Wildman–Crippen MR) is 99.9 cm³/mol. The van der Waals surface area contributed by atoms with Crippen molar-refractivity contribution >= 4 is 34.6 Å². The van der Waals surface area contributed by atoms with Gasteiger partial charge in [0.25, 0.3) is 5.91 Å². The predicted octanol–water partition coefficient (Wildman–Crippen LogP) is 2.03.